The molecule has 1 atom stereocenters. The van der Waals surface area contributed by atoms with Crippen LogP contribution in [-0.2, 0) is 13.1 Å². The van der Waals surface area contributed by atoms with Crippen LogP contribution < -0.4 is 9.47 Å². The van der Waals surface area contributed by atoms with E-state index in [2.05, 4.69) is 9.88 Å². The van der Waals surface area contributed by atoms with Gasteiger partial charge in [0, 0.05) is 31.0 Å². The van der Waals surface area contributed by atoms with Gasteiger partial charge in [0.1, 0.15) is 12.2 Å². The SMILES string of the molecule is COc1cccc(CN2CCCC(O)(CO)C2)c1OCCn1ccnc1. The van der Waals surface area contributed by atoms with Gasteiger partial charge in [-0.3, -0.25) is 4.90 Å². The van der Waals surface area contributed by atoms with E-state index in [-0.39, 0.29) is 6.61 Å². The third-order valence-electron chi connectivity index (χ3n) is 4.76. The quantitative estimate of drug-likeness (QED) is 0.738. The molecule has 1 aromatic carbocycles. The molecule has 1 saturated heterocycles. The average Bonchev–Trinajstić information content (AvgIpc) is 3.16. The summed E-state index contributed by atoms with van der Waals surface area (Å²) in [7, 11) is 1.63. The third kappa shape index (κ3) is 4.55. The molecule has 1 fully saturated rings. The van der Waals surface area contributed by atoms with E-state index in [1.54, 1.807) is 19.6 Å². The van der Waals surface area contributed by atoms with E-state index in [4.69, 9.17) is 9.47 Å². The van der Waals surface area contributed by atoms with Crippen molar-refractivity contribution in [2.45, 2.75) is 31.5 Å². The maximum atomic E-state index is 10.4. The van der Waals surface area contributed by atoms with Crippen molar-refractivity contribution in [1.82, 2.24) is 14.5 Å². The van der Waals surface area contributed by atoms with Crippen LogP contribution in [0.15, 0.2) is 36.9 Å². The molecule has 7 nitrogen and oxygen atoms in total. The summed E-state index contributed by atoms with van der Waals surface area (Å²) in [6, 6.07) is 5.84. The Balaban J connectivity index is 1.69. The number of ether oxygens (including phenoxy) is 2. The first kappa shape index (κ1) is 18.7. The molecule has 26 heavy (non-hydrogen) atoms. The van der Waals surface area contributed by atoms with Gasteiger partial charge < -0.3 is 24.3 Å². The van der Waals surface area contributed by atoms with Crippen molar-refractivity contribution in [3.63, 3.8) is 0 Å². The van der Waals surface area contributed by atoms with Crippen LogP contribution in [0.1, 0.15) is 18.4 Å². The van der Waals surface area contributed by atoms with Crippen molar-refractivity contribution in [3.8, 4) is 11.5 Å². The molecule has 1 aliphatic rings. The molecule has 0 aliphatic carbocycles. The normalized spacial score (nSPS) is 20.9. The summed E-state index contributed by atoms with van der Waals surface area (Å²) in [5.74, 6) is 1.43. The monoisotopic (exact) mass is 361 g/mol. The molecule has 2 aromatic rings. The first-order valence-electron chi connectivity index (χ1n) is 8.93. The Morgan fingerprint density at radius 1 is 1.35 bits per heavy atom. The predicted octanol–water partition coefficient (Wildman–Crippen LogP) is 1.29. The molecule has 0 spiro atoms. The highest BCUT2D eigenvalue weighted by molar-refractivity contribution is 5.46. The number of β-amino-alcohol motifs (C(OH)–C–C–N with tert-alkyl or cyclic N) is 1. The fourth-order valence-electron chi connectivity index (χ4n) is 3.39. The lowest BCUT2D eigenvalue weighted by atomic mass is 9.93. The number of piperidine rings is 1. The fraction of sp³-hybridized carbons (Fsp3) is 0.526. The second-order valence-electron chi connectivity index (χ2n) is 6.79. The minimum atomic E-state index is -1.01. The topological polar surface area (TPSA) is 80.0 Å². The number of rotatable bonds is 8. The van der Waals surface area contributed by atoms with E-state index >= 15 is 0 Å². The van der Waals surface area contributed by atoms with Gasteiger partial charge in [-0.25, -0.2) is 4.98 Å². The minimum Gasteiger partial charge on any atom is -0.493 e. The summed E-state index contributed by atoms with van der Waals surface area (Å²) < 4.78 is 13.5. The molecule has 1 unspecified atom stereocenters. The molecular formula is C19H27N3O4. The van der Waals surface area contributed by atoms with Crippen molar-refractivity contribution in [1.29, 1.82) is 0 Å². The number of benzene rings is 1. The molecule has 7 heteroatoms. The zero-order valence-corrected chi connectivity index (χ0v) is 15.2. The maximum absolute atomic E-state index is 10.4. The Bertz CT molecular complexity index is 692. The fourth-order valence-corrected chi connectivity index (χ4v) is 3.39. The number of hydrogen-bond donors (Lipinski definition) is 2. The Labute approximate surface area is 153 Å². The minimum absolute atomic E-state index is 0.212. The molecule has 1 aromatic heterocycles. The molecule has 0 bridgehead atoms. The number of imidazole rings is 1. The zero-order valence-electron chi connectivity index (χ0n) is 15.2. The lowest BCUT2D eigenvalue weighted by molar-refractivity contribution is -0.0688. The van der Waals surface area contributed by atoms with Gasteiger partial charge in [0.25, 0.3) is 0 Å². The van der Waals surface area contributed by atoms with Gasteiger partial charge in [-0.15, -0.1) is 0 Å². The third-order valence-corrected chi connectivity index (χ3v) is 4.76. The molecule has 0 amide bonds. The van der Waals surface area contributed by atoms with Gasteiger partial charge in [-0.1, -0.05) is 12.1 Å². The Morgan fingerprint density at radius 3 is 2.96 bits per heavy atom. The number of hydrogen-bond acceptors (Lipinski definition) is 6. The second-order valence-corrected chi connectivity index (χ2v) is 6.79. The molecule has 0 radical (unpaired) electrons. The molecule has 3 rings (SSSR count). The van der Waals surface area contributed by atoms with Crippen molar-refractivity contribution in [2.24, 2.45) is 0 Å². The highest BCUT2D eigenvalue weighted by atomic mass is 16.5. The second kappa shape index (κ2) is 8.53. The van der Waals surface area contributed by atoms with E-state index in [1.807, 2.05) is 29.0 Å². The van der Waals surface area contributed by atoms with Gasteiger partial charge in [0.05, 0.1) is 26.6 Å². The summed E-state index contributed by atoms with van der Waals surface area (Å²) in [5, 5.41) is 19.8. The number of nitrogens with zero attached hydrogens (tertiary/aromatic N) is 3. The lowest BCUT2D eigenvalue weighted by Gasteiger charge is -2.38. The standard InChI is InChI=1S/C19H27N3O4/c1-25-17-5-2-4-16(12-22-8-3-6-19(24,13-22)14-23)18(17)26-11-10-21-9-7-20-15-21/h2,4-5,7,9,15,23-24H,3,6,8,10-14H2,1H3. The first-order valence-corrected chi connectivity index (χ1v) is 8.93. The Hall–Kier alpha value is -2.09. The van der Waals surface area contributed by atoms with Gasteiger partial charge in [0.2, 0.25) is 0 Å². The van der Waals surface area contributed by atoms with Crippen molar-refractivity contribution in [3.05, 3.63) is 42.5 Å². The van der Waals surface area contributed by atoms with Crippen LogP contribution in [-0.4, -0.2) is 63.7 Å². The van der Waals surface area contributed by atoms with Gasteiger partial charge in [-0.05, 0) is 25.5 Å². The van der Waals surface area contributed by atoms with Gasteiger partial charge in [0.15, 0.2) is 11.5 Å². The number of likely N-dealkylation sites (tertiary alicyclic amines) is 1. The Morgan fingerprint density at radius 2 is 2.23 bits per heavy atom. The van der Waals surface area contributed by atoms with Crippen LogP contribution in [0, 0.1) is 0 Å². The largest absolute Gasteiger partial charge is 0.493 e. The van der Waals surface area contributed by atoms with Crippen molar-refractivity contribution in [2.75, 3.05) is 33.4 Å². The van der Waals surface area contributed by atoms with Gasteiger partial charge >= 0.3 is 0 Å². The van der Waals surface area contributed by atoms with Crippen molar-refractivity contribution < 1.29 is 19.7 Å². The number of para-hydroxylation sites is 1. The maximum Gasteiger partial charge on any atom is 0.165 e. The van der Waals surface area contributed by atoms with E-state index < -0.39 is 5.60 Å². The molecule has 142 valence electrons. The highest BCUT2D eigenvalue weighted by Crippen LogP contribution is 2.33. The summed E-state index contributed by atoms with van der Waals surface area (Å²) in [4.78, 5) is 6.18. The molecule has 0 saturated carbocycles. The van der Waals surface area contributed by atoms with Crippen LogP contribution in [0.3, 0.4) is 0 Å². The molecule has 2 heterocycles. The van der Waals surface area contributed by atoms with Crippen LogP contribution in [0.4, 0.5) is 0 Å². The first-order chi connectivity index (χ1) is 12.6. The number of aliphatic hydroxyl groups excluding tert-OH is 1. The van der Waals surface area contributed by atoms with E-state index in [0.29, 0.717) is 38.4 Å². The van der Waals surface area contributed by atoms with E-state index in [1.165, 1.54) is 0 Å². The number of aliphatic hydroxyl groups is 2. The summed E-state index contributed by atoms with van der Waals surface area (Å²) in [6.45, 7) is 2.97. The average molecular weight is 361 g/mol. The molecule has 1 aliphatic heterocycles. The van der Waals surface area contributed by atoms with Crippen LogP contribution >= 0.6 is 0 Å². The molecule has 2 N–H and O–H groups in total. The summed E-state index contributed by atoms with van der Waals surface area (Å²) in [6.07, 6.45) is 6.89. The highest BCUT2D eigenvalue weighted by Gasteiger charge is 2.32. The van der Waals surface area contributed by atoms with Crippen LogP contribution in [0.5, 0.6) is 11.5 Å². The number of methoxy groups -OCH3 is 1. The number of aromatic nitrogens is 2. The van der Waals surface area contributed by atoms with Crippen molar-refractivity contribution >= 4 is 0 Å². The predicted molar refractivity (Wildman–Crippen MR) is 97.3 cm³/mol. The zero-order chi connectivity index (χ0) is 18.4. The smallest absolute Gasteiger partial charge is 0.165 e. The van der Waals surface area contributed by atoms with Crippen LogP contribution in [0.2, 0.25) is 0 Å². The van der Waals surface area contributed by atoms with Gasteiger partial charge in [-0.2, -0.15) is 0 Å². The molecular weight excluding hydrogens is 334 g/mol. The lowest BCUT2D eigenvalue weighted by Crippen LogP contribution is -2.50. The summed E-state index contributed by atoms with van der Waals surface area (Å²) >= 11 is 0. The van der Waals surface area contributed by atoms with Crippen LogP contribution in [0.25, 0.3) is 0 Å². The van der Waals surface area contributed by atoms with E-state index in [9.17, 15) is 10.2 Å². The van der Waals surface area contributed by atoms with E-state index in [0.717, 1.165) is 24.3 Å². The Kier molecular flexibility index (Phi) is 6.13. The summed E-state index contributed by atoms with van der Waals surface area (Å²) in [5.41, 5.74) is -0.00306.